The normalized spacial score (nSPS) is 15.0. The molecule has 0 spiro atoms. The Morgan fingerprint density at radius 2 is 1.90 bits per heavy atom. The molecule has 1 aromatic carbocycles. The van der Waals surface area contributed by atoms with Gasteiger partial charge in [-0.2, -0.15) is 4.98 Å². The minimum absolute atomic E-state index is 0.0673. The van der Waals surface area contributed by atoms with Gasteiger partial charge in [0.05, 0.1) is 5.39 Å². The molecular formula is C22H25N3O5. The summed E-state index contributed by atoms with van der Waals surface area (Å²) < 4.78 is 16.4. The number of benzene rings is 1. The summed E-state index contributed by atoms with van der Waals surface area (Å²) in [5, 5.41) is 4.73. The van der Waals surface area contributed by atoms with Gasteiger partial charge in [-0.25, -0.2) is 4.79 Å². The summed E-state index contributed by atoms with van der Waals surface area (Å²) in [5.74, 6) is 1.97. The van der Waals surface area contributed by atoms with Crippen LogP contribution >= 0.6 is 0 Å². The SMILES string of the molecule is Cc1cc(OCC(=O)N2CCC(c3noc(C)n3)CC2)c2c(C)c(C)c(=O)oc2c1. The topological polar surface area (TPSA) is 98.7 Å². The van der Waals surface area contributed by atoms with Gasteiger partial charge in [-0.05, 0) is 56.9 Å². The molecule has 3 heterocycles. The Morgan fingerprint density at radius 3 is 2.57 bits per heavy atom. The number of piperidine rings is 1. The van der Waals surface area contributed by atoms with Crippen molar-refractivity contribution in [3.05, 3.63) is 51.0 Å². The van der Waals surface area contributed by atoms with E-state index in [9.17, 15) is 9.59 Å². The molecule has 0 N–H and O–H groups in total. The van der Waals surface area contributed by atoms with Gasteiger partial charge in [-0.1, -0.05) is 5.16 Å². The van der Waals surface area contributed by atoms with Gasteiger partial charge in [0.1, 0.15) is 11.3 Å². The van der Waals surface area contributed by atoms with E-state index in [4.69, 9.17) is 13.7 Å². The first-order chi connectivity index (χ1) is 14.3. The van der Waals surface area contributed by atoms with Gasteiger partial charge in [0, 0.05) is 31.5 Å². The zero-order chi connectivity index (χ0) is 21.4. The van der Waals surface area contributed by atoms with Crippen molar-refractivity contribution in [1.29, 1.82) is 0 Å². The van der Waals surface area contributed by atoms with Crippen molar-refractivity contribution < 1.29 is 18.5 Å². The van der Waals surface area contributed by atoms with Crippen LogP contribution in [-0.4, -0.2) is 40.6 Å². The lowest BCUT2D eigenvalue weighted by molar-refractivity contribution is -0.134. The molecular weight excluding hydrogens is 386 g/mol. The average molecular weight is 411 g/mol. The van der Waals surface area contributed by atoms with Crippen molar-refractivity contribution in [2.24, 2.45) is 0 Å². The summed E-state index contributed by atoms with van der Waals surface area (Å²) in [6, 6.07) is 3.68. The van der Waals surface area contributed by atoms with Crippen LogP contribution in [0.3, 0.4) is 0 Å². The maximum absolute atomic E-state index is 12.7. The molecule has 0 radical (unpaired) electrons. The van der Waals surface area contributed by atoms with Crippen molar-refractivity contribution in [3.8, 4) is 5.75 Å². The number of hydrogen-bond acceptors (Lipinski definition) is 7. The molecule has 4 rings (SSSR count). The van der Waals surface area contributed by atoms with E-state index in [2.05, 4.69) is 10.1 Å². The summed E-state index contributed by atoms with van der Waals surface area (Å²) in [5.41, 5.74) is 2.36. The molecule has 0 unspecified atom stereocenters. The van der Waals surface area contributed by atoms with Crippen LogP contribution in [-0.2, 0) is 4.79 Å². The Bertz CT molecular complexity index is 1160. The third-order valence-electron chi connectivity index (χ3n) is 5.76. The van der Waals surface area contributed by atoms with Crippen LogP contribution in [0.1, 0.15) is 47.2 Å². The summed E-state index contributed by atoms with van der Waals surface area (Å²) in [6.07, 6.45) is 1.59. The summed E-state index contributed by atoms with van der Waals surface area (Å²) >= 11 is 0. The Labute approximate surface area is 173 Å². The van der Waals surface area contributed by atoms with Crippen LogP contribution in [0.2, 0.25) is 0 Å². The maximum Gasteiger partial charge on any atom is 0.339 e. The molecule has 1 saturated heterocycles. The van der Waals surface area contributed by atoms with Gasteiger partial charge in [-0.15, -0.1) is 0 Å². The number of aromatic nitrogens is 2. The molecule has 0 atom stereocenters. The molecule has 158 valence electrons. The van der Waals surface area contributed by atoms with E-state index in [1.54, 1.807) is 18.7 Å². The minimum Gasteiger partial charge on any atom is -0.483 e. The van der Waals surface area contributed by atoms with E-state index in [0.29, 0.717) is 35.9 Å². The fourth-order valence-electron chi connectivity index (χ4n) is 3.90. The molecule has 8 heteroatoms. The molecule has 1 amide bonds. The second-order valence-electron chi connectivity index (χ2n) is 7.89. The van der Waals surface area contributed by atoms with Crippen LogP contribution in [0.15, 0.2) is 25.9 Å². The smallest absolute Gasteiger partial charge is 0.339 e. The zero-order valence-electron chi connectivity index (χ0n) is 17.7. The van der Waals surface area contributed by atoms with Crippen molar-refractivity contribution in [2.45, 2.75) is 46.5 Å². The van der Waals surface area contributed by atoms with E-state index < -0.39 is 0 Å². The van der Waals surface area contributed by atoms with E-state index in [0.717, 1.165) is 35.2 Å². The lowest BCUT2D eigenvalue weighted by Gasteiger charge is -2.30. The van der Waals surface area contributed by atoms with Gasteiger partial charge < -0.3 is 18.6 Å². The Morgan fingerprint density at radius 1 is 1.17 bits per heavy atom. The first kappa shape index (κ1) is 20.1. The molecule has 1 aliphatic heterocycles. The predicted octanol–water partition coefficient (Wildman–Crippen LogP) is 3.19. The van der Waals surface area contributed by atoms with Gasteiger partial charge >= 0.3 is 5.63 Å². The van der Waals surface area contributed by atoms with Crippen LogP contribution in [0.5, 0.6) is 5.75 Å². The van der Waals surface area contributed by atoms with Crippen LogP contribution in [0.4, 0.5) is 0 Å². The number of aryl methyl sites for hydroxylation is 3. The standard InChI is InChI=1S/C22H25N3O5/c1-12-9-17(20-13(2)14(3)22(27)29-18(20)10-12)28-11-19(26)25-7-5-16(6-8-25)21-23-15(4)30-24-21/h9-10,16H,5-8,11H2,1-4H3. The highest BCUT2D eigenvalue weighted by Crippen LogP contribution is 2.31. The quantitative estimate of drug-likeness (QED) is 0.608. The van der Waals surface area contributed by atoms with Crippen molar-refractivity contribution in [2.75, 3.05) is 19.7 Å². The second kappa shape index (κ2) is 7.93. The summed E-state index contributed by atoms with van der Waals surface area (Å²) in [6.45, 7) is 8.45. The number of likely N-dealkylation sites (tertiary alicyclic amines) is 1. The fourth-order valence-corrected chi connectivity index (χ4v) is 3.90. The molecule has 3 aromatic rings. The van der Waals surface area contributed by atoms with Gasteiger partial charge in [-0.3, -0.25) is 4.79 Å². The van der Waals surface area contributed by atoms with Crippen LogP contribution in [0, 0.1) is 27.7 Å². The fraction of sp³-hybridized carbons (Fsp3) is 0.455. The molecule has 30 heavy (non-hydrogen) atoms. The first-order valence-corrected chi connectivity index (χ1v) is 10.1. The average Bonchev–Trinajstić information content (AvgIpc) is 3.16. The number of amides is 1. The highest BCUT2D eigenvalue weighted by molar-refractivity contribution is 5.88. The number of rotatable bonds is 4. The largest absolute Gasteiger partial charge is 0.483 e. The molecule has 0 saturated carbocycles. The van der Waals surface area contributed by atoms with Crippen molar-refractivity contribution in [1.82, 2.24) is 15.0 Å². The lowest BCUT2D eigenvalue weighted by atomic mass is 9.96. The van der Waals surface area contributed by atoms with E-state index in [1.807, 2.05) is 26.0 Å². The van der Waals surface area contributed by atoms with Gasteiger partial charge in [0.15, 0.2) is 12.4 Å². The molecule has 1 fully saturated rings. The van der Waals surface area contributed by atoms with Crippen molar-refractivity contribution in [3.63, 3.8) is 0 Å². The monoisotopic (exact) mass is 411 g/mol. The summed E-state index contributed by atoms with van der Waals surface area (Å²) in [4.78, 5) is 30.8. The van der Waals surface area contributed by atoms with Gasteiger partial charge in [0.2, 0.25) is 5.89 Å². The Hall–Kier alpha value is -3.16. The zero-order valence-corrected chi connectivity index (χ0v) is 17.7. The van der Waals surface area contributed by atoms with E-state index in [1.165, 1.54) is 0 Å². The van der Waals surface area contributed by atoms with E-state index in [-0.39, 0.29) is 24.1 Å². The third kappa shape index (κ3) is 3.81. The number of fused-ring (bicyclic) bond motifs is 1. The number of ether oxygens (including phenoxy) is 1. The summed E-state index contributed by atoms with van der Waals surface area (Å²) in [7, 11) is 0. The maximum atomic E-state index is 12.7. The third-order valence-corrected chi connectivity index (χ3v) is 5.76. The van der Waals surface area contributed by atoms with Crippen LogP contribution in [0.25, 0.3) is 11.0 Å². The van der Waals surface area contributed by atoms with Crippen molar-refractivity contribution >= 4 is 16.9 Å². The van der Waals surface area contributed by atoms with Crippen LogP contribution < -0.4 is 10.4 Å². The molecule has 0 aliphatic carbocycles. The molecule has 8 nitrogen and oxygen atoms in total. The van der Waals surface area contributed by atoms with E-state index >= 15 is 0 Å². The number of carbonyl (C=O) groups is 1. The first-order valence-electron chi connectivity index (χ1n) is 10.1. The second-order valence-corrected chi connectivity index (χ2v) is 7.89. The number of carbonyl (C=O) groups excluding carboxylic acids is 1. The lowest BCUT2D eigenvalue weighted by Crippen LogP contribution is -2.40. The highest BCUT2D eigenvalue weighted by Gasteiger charge is 2.27. The number of hydrogen-bond donors (Lipinski definition) is 0. The minimum atomic E-state index is -0.354. The van der Waals surface area contributed by atoms with Gasteiger partial charge in [0.25, 0.3) is 5.91 Å². The molecule has 1 aliphatic rings. The molecule has 0 bridgehead atoms. The Balaban J connectivity index is 1.45. The predicted molar refractivity (Wildman–Crippen MR) is 110 cm³/mol. The number of nitrogens with zero attached hydrogens (tertiary/aromatic N) is 3. The molecule has 2 aromatic heterocycles. The highest BCUT2D eigenvalue weighted by atomic mass is 16.5. The Kier molecular flexibility index (Phi) is 5.32.